The molecule has 1 atom stereocenters. The Morgan fingerprint density at radius 2 is 2.14 bits per heavy atom. The smallest absolute Gasteiger partial charge is 0.247 e. The number of amides is 1. The number of rotatable bonds is 5. The first-order valence-electron chi connectivity index (χ1n) is 7.43. The molecule has 2 rings (SSSR count). The molecule has 1 aliphatic rings. The Hall–Kier alpha value is -1.81. The molecule has 0 radical (unpaired) electrons. The fourth-order valence-electron chi connectivity index (χ4n) is 2.78. The van der Waals surface area contributed by atoms with Gasteiger partial charge in [0.25, 0.3) is 0 Å². The number of hydrogen-bond acceptors (Lipinski definition) is 3. The van der Waals surface area contributed by atoms with Crippen LogP contribution in [-0.4, -0.2) is 44.1 Å². The van der Waals surface area contributed by atoms with E-state index in [1.807, 2.05) is 43.1 Å². The molecule has 0 saturated carbocycles. The summed E-state index contributed by atoms with van der Waals surface area (Å²) in [4.78, 5) is 14.4. The standard InChI is InChI=1S/C17H24N2O2/c1-13(14-6-8-16(21-3)9-7-14)11-17(20)19-10-4-5-15(19)12-18-2/h6-9,11,15,18H,4-5,10,12H2,1-3H3/b13-11+. The van der Waals surface area contributed by atoms with Crippen LogP contribution in [0.1, 0.15) is 25.3 Å². The van der Waals surface area contributed by atoms with Crippen LogP contribution in [0.5, 0.6) is 5.75 Å². The van der Waals surface area contributed by atoms with E-state index in [-0.39, 0.29) is 5.91 Å². The van der Waals surface area contributed by atoms with Gasteiger partial charge in [-0.2, -0.15) is 0 Å². The lowest BCUT2D eigenvalue weighted by atomic mass is 10.1. The minimum Gasteiger partial charge on any atom is -0.497 e. The van der Waals surface area contributed by atoms with E-state index in [9.17, 15) is 4.79 Å². The van der Waals surface area contributed by atoms with E-state index in [1.165, 1.54) is 0 Å². The third-order valence-corrected chi connectivity index (χ3v) is 3.99. The lowest BCUT2D eigenvalue weighted by molar-refractivity contribution is -0.126. The number of ether oxygens (including phenoxy) is 1. The largest absolute Gasteiger partial charge is 0.497 e. The Morgan fingerprint density at radius 3 is 2.76 bits per heavy atom. The lowest BCUT2D eigenvalue weighted by Gasteiger charge is -2.23. The molecule has 0 bridgehead atoms. The Morgan fingerprint density at radius 1 is 1.43 bits per heavy atom. The summed E-state index contributed by atoms with van der Waals surface area (Å²) in [5.74, 6) is 0.938. The Labute approximate surface area is 126 Å². The van der Waals surface area contributed by atoms with Crippen LogP contribution in [0.4, 0.5) is 0 Å². The molecule has 21 heavy (non-hydrogen) atoms. The van der Waals surface area contributed by atoms with Crippen molar-refractivity contribution < 1.29 is 9.53 Å². The van der Waals surface area contributed by atoms with Gasteiger partial charge in [0.2, 0.25) is 5.91 Å². The number of carbonyl (C=O) groups excluding carboxylic acids is 1. The average Bonchev–Trinajstić information content (AvgIpc) is 2.96. The van der Waals surface area contributed by atoms with Crippen molar-refractivity contribution in [3.63, 3.8) is 0 Å². The number of likely N-dealkylation sites (N-methyl/N-ethyl adjacent to an activating group) is 1. The van der Waals surface area contributed by atoms with Crippen LogP contribution < -0.4 is 10.1 Å². The zero-order valence-corrected chi connectivity index (χ0v) is 13.1. The number of nitrogens with zero attached hydrogens (tertiary/aromatic N) is 1. The van der Waals surface area contributed by atoms with E-state index in [0.717, 1.165) is 42.8 Å². The molecule has 4 nitrogen and oxygen atoms in total. The van der Waals surface area contributed by atoms with E-state index >= 15 is 0 Å². The second-order valence-electron chi connectivity index (χ2n) is 5.44. The molecule has 4 heteroatoms. The summed E-state index contributed by atoms with van der Waals surface area (Å²) in [7, 11) is 3.58. The van der Waals surface area contributed by atoms with Crippen molar-refractivity contribution in [3.8, 4) is 5.75 Å². The lowest BCUT2D eigenvalue weighted by Crippen LogP contribution is -2.40. The second kappa shape index (κ2) is 7.27. The van der Waals surface area contributed by atoms with Gasteiger partial charge < -0.3 is 15.0 Å². The fraction of sp³-hybridized carbons (Fsp3) is 0.471. The van der Waals surface area contributed by atoms with Crippen LogP contribution in [-0.2, 0) is 4.79 Å². The van der Waals surface area contributed by atoms with Crippen molar-refractivity contribution in [3.05, 3.63) is 35.9 Å². The molecule has 1 aromatic rings. The molecule has 1 fully saturated rings. The van der Waals surface area contributed by atoms with Gasteiger partial charge >= 0.3 is 0 Å². The third kappa shape index (κ3) is 3.85. The molecule has 1 saturated heterocycles. The van der Waals surface area contributed by atoms with Crippen molar-refractivity contribution in [2.75, 3.05) is 27.2 Å². The monoisotopic (exact) mass is 288 g/mol. The minimum absolute atomic E-state index is 0.112. The molecule has 114 valence electrons. The quantitative estimate of drug-likeness (QED) is 0.845. The SMILES string of the molecule is CNCC1CCCN1C(=O)/C=C(\C)c1ccc(OC)cc1. The molecular weight excluding hydrogens is 264 g/mol. The zero-order chi connectivity index (χ0) is 15.2. The van der Waals surface area contributed by atoms with Crippen molar-refractivity contribution >= 4 is 11.5 Å². The molecular formula is C17H24N2O2. The third-order valence-electron chi connectivity index (χ3n) is 3.99. The highest BCUT2D eigenvalue weighted by Gasteiger charge is 2.26. The van der Waals surface area contributed by atoms with Gasteiger partial charge in [-0.3, -0.25) is 4.79 Å². The van der Waals surface area contributed by atoms with Crippen LogP contribution >= 0.6 is 0 Å². The van der Waals surface area contributed by atoms with Crippen LogP contribution in [0.2, 0.25) is 0 Å². The predicted octanol–water partition coefficient (Wildman–Crippen LogP) is 2.31. The van der Waals surface area contributed by atoms with Gasteiger partial charge in [-0.05, 0) is 50.1 Å². The molecule has 0 aliphatic carbocycles. The number of carbonyl (C=O) groups is 1. The molecule has 1 aliphatic heterocycles. The molecule has 1 heterocycles. The second-order valence-corrected chi connectivity index (χ2v) is 5.44. The number of methoxy groups -OCH3 is 1. The molecule has 1 amide bonds. The van der Waals surface area contributed by atoms with Crippen LogP contribution in [0.3, 0.4) is 0 Å². The van der Waals surface area contributed by atoms with E-state index in [4.69, 9.17) is 4.74 Å². The summed E-state index contributed by atoms with van der Waals surface area (Å²) in [6.07, 6.45) is 3.92. The van der Waals surface area contributed by atoms with E-state index in [1.54, 1.807) is 13.2 Å². The average molecular weight is 288 g/mol. The highest BCUT2D eigenvalue weighted by atomic mass is 16.5. The van der Waals surface area contributed by atoms with E-state index in [2.05, 4.69) is 5.32 Å². The number of likely N-dealkylation sites (tertiary alicyclic amines) is 1. The summed E-state index contributed by atoms with van der Waals surface area (Å²) in [5, 5.41) is 3.16. The maximum atomic E-state index is 12.4. The molecule has 0 spiro atoms. The normalized spacial score (nSPS) is 18.9. The van der Waals surface area contributed by atoms with Crippen molar-refractivity contribution in [2.45, 2.75) is 25.8 Å². The van der Waals surface area contributed by atoms with Gasteiger partial charge in [-0.25, -0.2) is 0 Å². The van der Waals surface area contributed by atoms with Crippen LogP contribution in [0.25, 0.3) is 5.57 Å². The Kier molecular flexibility index (Phi) is 5.39. The Bertz CT molecular complexity index is 508. The predicted molar refractivity (Wildman–Crippen MR) is 85.3 cm³/mol. The van der Waals surface area contributed by atoms with Gasteiger partial charge in [0.15, 0.2) is 0 Å². The van der Waals surface area contributed by atoms with E-state index in [0.29, 0.717) is 6.04 Å². The van der Waals surface area contributed by atoms with E-state index < -0.39 is 0 Å². The summed E-state index contributed by atoms with van der Waals surface area (Å²) >= 11 is 0. The maximum absolute atomic E-state index is 12.4. The van der Waals surface area contributed by atoms with Crippen LogP contribution in [0, 0.1) is 0 Å². The van der Waals surface area contributed by atoms with Gasteiger partial charge in [-0.15, -0.1) is 0 Å². The molecule has 1 aromatic carbocycles. The summed E-state index contributed by atoms with van der Waals surface area (Å²) < 4.78 is 5.15. The van der Waals surface area contributed by atoms with Gasteiger partial charge in [0.05, 0.1) is 7.11 Å². The highest BCUT2D eigenvalue weighted by Crippen LogP contribution is 2.21. The number of hydrogen-bond donors (Lipinski definition) is 1. The Balaban J connectivity index is 2.08. The van der Waals surface area contributed by atoms with Gasteiger partial charge in [0.1, 0.15) is 5.75 Å². The van der Waals surface area contributed by atoms with Crippen molar-refractivity contribution in [1.82, 2.24) is 10.2 Å². The topological polar surface area (TPSA) is 41.6 Å². The molecule has 1 N–H and O–H groups in total. The summed E-state index contributed by atoms with van der Waals surface area (Å²) in [6.45, 7) is 3.70. The number of allylic oxidation sites excluding steroid dienone is 1. The fourth-order valence-corrected chi connectivity index (χ4v) is 2.78. The van der Waals surface area contributed by atoms with Gasteiger partial charge in [-0.1, -0.05) is 12.1 Å². The van der Waals surface area contributed by atoms with Crippen molar-refractivity contribution in [2.24, 2.45) is 0 Å². The van der Waals surface area contributed by atoms with Crippen molar-refractivity contribution in [1.29, 1.82) is 0 Å². The minimum atomic E-state index is 0.112. The highest BCUT2D eigenvalue weighted by molar-refractivity contribution is 5.95. The number of nitrogens with one attached hydrogen (secondary N) is 1. The number of benzene rings is 1. The van der Waals surface area contributed by atoms with Crippen LogP contribution in [0.15, 0.2) is 30.3 Å². The zero-order valence-electron chi connectivity index (χ0n) is 13.1. The van der Waals surface area contributed by atoms with Gasteiger partial charge in [0, 0.05) is 25.2 Å². The summed E-state index contributed by atoms with van der Waals surface area (Å²) in [6, 6.07) is 8.11. The molecule has 1 unspecified atom stereocenters. The maximum Gasteiger partial charge on any atom is 0.247 e. The first-order chi connectivity index (χ1) is 10.2. The summed E-state index contributed by atoms with van der Waals surface area (Å²) in [5.41, 5.74) is 2.03. The first kappa shape index (κ1) is 15.6. The first-order valence-corrected chi connectivity index (χ1v) is 7.43. The molecule has 0 aromatic heterocycles.